The maximum Gasteiger partial charge on any atom is 0.227 e. The van der Waals surface area contributed by atoms with Gasteiger partial charge in [0, 0.05) is 24.3 Å². The maximum atomic E-state index is 12.0. The molecule has 0 fully saturated rings. The van der Waals surface area contributed by atoms with Crippen molar-refractivity contribution in [2.75, 3.05) is 5.32 Å². The van der Waals surface area contributed by atoms with Crippen molar-refractivity contribution in [2.24, 2.45) is 0 Å². The van der Waals surface area contributed by atoms with E-state index in [1.807, 2.05) is 45.0 Å². The second-order valence-corrected chi connectivity index (χ2v) is 7.04. The fraction of sp³-hybridized carbons (Fsp3) is 0.353. The zero-order valence-corrected chi connectivity index (χ0v) is 15.1. The van der Waals surface area contributed by atoms with Crippen molar-refractivity contribution in [3.05, 3.63) is 40.7 Å². The van der Waals surface area contributed by atoms with E-state index in [-0.39, 0.29) is 12.3 Å². The highest BCUT2D eigenvalue weighted by molar-refractivity contribution is 7.15. The molecular weight excluding hydrogens is 338 g/mol. The van der Waals surface area contributed by atoms with Crippen molar-refractivity contribution in [2.45, 2.75) is 39.5 Å². The molecule has 0 bridgehead atoms. The molecule has 0 saturated heterocycles. The number of anilines is 1. The van der Waals surface area contributed by atoms with E-state index in [2.05, 4.69) is 25.7 Å². The number of benzene rings is 1. The van der Waals surface area contributed by atoms with Crippen LogP contribution in [-0.2, 0) is 11.2 Å². The molecular formula is C17H19N5O2S. The van der Waals surface area contributed by atoms with E-state index in [4.69, 9.17) is 4.52 Å². The largest absolute Gasteiger partial charge is 0.339 e. The number of aryl methyl sites for hydroxylation is 2. The first-order valence-electron chi connectivity index (χ1n) is 8.04. The standard InChI is InChI=1S/C17H19N5O2S/c1-10(2)16-20-21-17(25-16)18-13(23)8-9-14-19-15(22-24-14)12-6-4-11(3)5-7-12/h4-7,10H,8-9H2,1-3H3,(H,18,21,23). The molecule has 2 heterocycles. The molecule has 0 aliphatic rings. The van der Waals surface area contributed by atoms with Gasteiger partial charge in [-0.05, 0) is 6.92 Å². The van der Waals surface area contributed by atoms with Crippen LogP contribution in [0.15, 0.2) is 28.8 Å². The van der Waals surface area contributed by atoms with Gasteiger partial charge in [0.05, 0.1) is 0 Å². The SMILES string of the molecule is Cc1ccc(-c2noc(CCC(=O)Nc3nnc(C(C)C)s3)n2)cc1. The number of hydrogen-bond donors (Lipinski definition) is 1. The van der Waals surface area contributed by atoms with Crippen molar-refractivity contribution < 1.29 is 9.32 Å². The summed E-state index contributed by atoms with van der Waals surface area (Å²) in [6, 6.07) is 7.87. The van der Waals surface area contributed by atoms with Crippen molar-refractivity contribution in [3.63, 3.8) is 0 Å². The average molecular weight is 357 g/mol. The second kappa shape index (κ2) is 7.52. The van der Waals surface area contributed by atoms with Gasteiger partial charge in [-0.3, -0.25) is 4.79 Å². The van der Waals surface area contributed by atoms with Crippen LogP contribution >= 0.6 is 11.3 Å². The zero-order chi connectivity index (χ0) is 17.8. The third-order valence-electron chi connectivity index (χ3n) is 3.52. The average Bonchev–Trinajstić information content (AvgIpc) is 3.23. The number of nitrogens with zero attached hydrogens (tertiary/aromatic N) is 4. The number of amides is 1. The lowest BCUT2D eigenvalue weighted by Crippen LogP contribution is -2.12. The molecule has 3 aromatic rings. The fourth-order valence-electron chi connectivity index (χ4n) is 2.10. The summed E-state index contributed by atoms with van der Waals surface area (Å²) in [6.07, 6.45) is 0.618. The molecule has 7 nitrogen and oxygen atoms in total. The van der Waals surface area contributed by atoms with E-state index in [1.54, 1.807) is 0 Å². The summed E-state index contributed by atoms with van der Waals surface area (Å²) in [4.78, 5) is 16.4. The number of carbonyl (C=O) groups excluding carboxylic acids is 1. The fourth-order valence-corrected chi connectivity index (χ4v) is 2.86. The van der Waals surface area contributed by atoms with Gasteiger partial charge in [0.25, 0.3) is 0 Å². The van der Waals surface area contributed by atoms with Gasteiger partial charge in [-0.2, -0.15) is 4.98 Å². The smallest absolute Gasteiger partial charge is 0.227 e. The van der Waals surface area contributed by atoms with E-state index in [0.717, 1.165) is 10.6 Å². The van der Waals surface area contributed by atoms with E-state index < -0.39 is 0 Å². The van der Waals surface area contributed by atoms with Crippen LogP contribution in [0.3, 0.4) is 0 Å². The van der Waals surface area contributed by atoms with Gasteiger partial charge < -0.3 is 9.84 Å². The Morgan fingerprint density at radius 2 is 2.00 bits per heavy atom. The highest BCUT2D eigenvalue weighted by Crippen LogP contribution is 2.22. The molecule has 0 spiro atoms. The van der Waals surface area contributed by atoms with Crippen LogP contribution in [0, 0.1) is 6.92 Å². The Morgan fingerprint density at radius 3 is 2.68 bits per heavy atom. The van der Waals surface area contributed by atoms with Crippen LogP contribution in [0.2, 0.25) is 0 Å². The normalized spacial score (nSPS) is 11.0. The Balaban J connectivity index is 1.54. The lowest BCUT2D eigenvalue weighted by Gasteiger charge is -1.98. The minimum absolute atomic E-state index is 0.151. The van der Waals surface area contributed by atoms with Gasteiger partial charge in [-0.1, -0.05) is 60.2 Å². The number of hydrogen-bond acceptors (Lipinski definition) is 7. The first kappa shape index (κ1) is 17.2. The summed E-state index contributed by atoms with van der Waals surface area (Å²) in [7, 11) is 0. The summed E-state index contributed by atoms with van der Waals surface area (Å²) < 4.78 is 5.22. The molecule has 3 rings (SSSR count). The number of carbonyl (C=O) groups is 1. The molecule has 2 aromatic heterocycles. The highest BCUT2D eigenvalue weighted by Gasteiger charge is 2.13. The van der Waals surface area contributed by atoms with Crippen LogP contribution < -0.4 is 5.32 Å². The Morgan fingerprint density at radius 1 is 1.24 bits per heavy atom. The molecule has 130 valence electrons. The zero-order valence-electron chi connectivity index (χ0n) is 14.3. The van der Waals surface area contributed by atoms with E-state index in [9.17, 15) is 4.79 Å². The second-order valence-electron chi connectivity index (χ2n) is 6.03. The first-order valence-corrected chi connectivity index (χ1v) is 8.86. The Bertz CT molecular complexity index is 854. The molecule has 8 heteroatoms. The third-order valence-corrected chi connectivity index (χ3v) is 4.66. The monoisotopic (exact) mass is 357 g/mol. The maximum absolute atomic E-state index is 12.0. The van der Waals surface area contributed by atoms with Crippen molar-refractivity contribution >= 4 is 22.4 Å². The lowest BCUT2D eigenvalue weighted by molar-refractivity contribution is -0.116. The summed E-state index contributed by atoms with van der Waals surface area (Å²) in [5.74, 6) is 1.11. The van der Waals surface area contributed by atoms with Crippen molar-refractivity contribution in [3.8, 4) is 11.4 Å². The number of aromatic nitrogens is 4. The topological polar surface area (TPSA) is 93.8 Å². The van der Waals surface area contributed by atoms with Gasteiger partial charge in [-0.25, -0.2) is 0 Å². The molecule has 0 atom stereocenters. The Labute approximate surface area is 149 Å². The summed E-state index contributed by atoms with van der Waals surface area (Å²) in [6.45, 7) is 6.09. The highest BCUT2D eigenvalue weighted by atomic mass is 32.1. The van der Waals surface area contributed by atoms with Crippen LogP contribution in [0.1, 0.15) is 42.6 Å². The van der Waals surface area contributed by atoms with Gasteiger partial charge in [-0.15, -0.1) is 10.2 Å². The number of rotatable bonds is 6. The quantitative estimate of drug-likeness (QED) is 0.724. The molecule has 1 amide bonds. The molecule has 0 aliphatic heterocycles. The lowest BCUT2D eigenvalue weighted by atomic mass is 10.1. The van der Waals surface area contributed by atoms with Crippen LogP contribution in [0.25, 0.3) is 11.4 Å². The van der Waals surface area contributed by atoms with Gasteiger partial charge in [0.2, 0.25) is 22.8 Å². The minimum atomic E-state index is -0.151. The van der Waals surface area contributed by atoms with Gasteiger partial charge >= 0.3 is 0 Å². The minimum Gasteiger partial charge on any atom is -0.339 e. The van der Waals surface area contributed by atoms with Gasteiger partial charge in [0.1, 0.15) is 5.01 Å². The van der Waals surface area contributed by atoms with Crippen LogP contribution in [0.5, 0.6) is 0 Å². The Hall–Kier alpha value is -2.61. The van der Waals surface area contributed by atoms with Gasteiger partial charge in [0.15, 0.2) is 0 Å². The molecule has 25 heavy (non-hydrogen) atoms. The number of nitrogens with one attached hydrogen (secondary N) is 1. The summed E-state index contributed by atoms with van der Waals surface area (Å²) in [5, 5.41) is 16.1. The molecule has 0 aliphatic carbocycles. The van der Waals surface area contributed by atoms with E-state index in [0.29, 0.717) is 29.2 Å². The molecule has 0 unspecified atom stereocenters. The first-order chi connectivity index (χ1) is 12.0. The Kier molecular flexibility index (Phi) is 5.18. The molecule has 0 saturated carbocycles. The summed E-state index contributed by atoms with van der Waals surface area (Å²) in [5.41, 5.74) is 2.06. The molecule has 0 radical (unpaired) electrons. The molecule has 1 aromatic carbocycles. The van der Waals surface area contributed by atoms with Crippen LogP contribution in [0.4, 0.5) is 5.13 Å². The van der Waals surface area contributed by atoms with Crippen molar-refractivity contribution in [1.82, 2.24) is 20.3 Å². The summed E-state index contributed by atoms with van der Waals surface area (Å²) >= 11 is 1.39. The van der Waals surface area contributed by atoms with Crippen molar-refractivity contribution in [1.29, 1.82) is 0 Å². The van der Waals surface area contributed by atoms with E-state index in [1.165, 1.54) is 16.9 Å². The predicted octanol–water partition coefficient (Wildman–Crippen LogP) is 3.59. The predicted molar refractivity (Wildman–Crippen MR) is 95.4 cm³/mol. The third kappa shape index (κ3) is 4.48. The molecule has 1 N–H and O–H groups in total. The van der Waals surface area contributed by atoms with Crippen LogP contribution in [-0.4, -0.2) is 26.2 Å². The van der Waals surface area contributed by atoms with E-state index >= 15 is 0 Å².